The average Bonchev–Trinajstić information content (AvgIpc) is 3.19. The molecule has 0 bridgehead atoms. The summed E-state index contributed by atoms with van der Waals surface area (Å²) < 4.78 is 13.6. The van der Waals surface area contributed by atoms with Crippen molar-refractivity contribution in [3.63, 3.8) is 0 Å². The van der Waals surface area contributed by atoms with E-state index in [9.17, 15) is 4.39 Å². The smallest absolute Gasteiger partial charge is 0.123 e. The molecule has 0 aliphatic heterocycles. The Morgan fingerprint density at radius 3 is 2.81 bits per heavy atom. The predicted octanol–water partition coefficient (Wildman–Crippen LogP) is 3.86. The van der Waals surface area contributed by atoms with Gasteiger partial charge in [0.2, 0.25) is 0 Å². The molecule has 4 heteroatoms. The van der Waals surface area contributed by atoms with Gasteiger partial charge in [-0.25, -0.2) is 4.39 Å². The van der Waals surface area contributed by atoms with Gasteiger partial charge in [-0.1, -0.05) is 12.1 Å². The maximum absolute atomic E-state index is 13.6. The molecule has 1 aliphatic carbocycles. The van der Waals surface area contributed by atoms with Crippen LogP contribution in [-0.4, -0.2) is 17.5 Å². The van der Waals surface area contributed by atoms with Crippen molar-refractivity contribution in [3.05, 3.63) is 57.5 Å². The quantitative estimate of drug-likeness (QED) is 0.878. The van der Waals surface area contributed by atoms with E-state index >= 15 is 0 Å². The van der Waals surface area contributed by atoms with E-state index in [1.54, 1.807) is 17.4 Å². The first-order valence-corrected chi connectivity index (χ1v) is 8.31. The molecule has 1 unspecified atom stereocenters. The average molecular weight is 304 g/mol. The highest BCUT2D eigenvalue weighted by molar-refractivity contribution is 7.09. The van der Waals surface area contributed by atoms with E-state index in [0.717, 1.165) is 17.7 Å². The van der Waals surface area contributed by atoms with E-state index in [1.807, 2.05) is 13.0 Å². The summed E-state index contributed by atoms with van der Waals surface area (Å²) in [6, 6.07) is 9.94. The van der Waals surface area contributed by atoms with Gasteiger partial charge in [0, 0.05) is 30.1 Å². The van der Waals surface area contributed by atoms with Crippen LogP contribution in [0.4, 0.5) is 4.39 Å². The van der Waals surface area contributed by atoms with Crippen LogP contribution in [0.25, 0.3) is 0 Å². The van der Waals surface area contributed by atoms with Crippen LogP contribution >= 0.6 is 11.3 Å². The maximum Gasteiger partial charge on any atom is 0.123 e. The van der Waals surface area contributed by atoms with Crippen molar-refractivity contribution in [1.82, 2.24) is 4.90 Å². The van der Waals surface area contributed by atoms with Crippen LogP contribution in [-0.2, 0) is 6.54 Å². The summed E-state index contributed by atoms with van der Waals surface area (Å²) in [5, 5.41) is 2.10. The Morgan fingerprint density at radius 1 is 1.38 bits per heavy atom. The van der Waals surface area contributed by atoms with Crippen molar-refractivity contribution >= 4 is 11.3 Å². The van der Waals surface area contributed by atoms with Crippen LogP contribution in [0, 0.1) is 12.7 Å². The normalized spacial score (nSPS) is 16.4. The van der Waals surface area contributed by atoms with Gasteiger partial charge in [0.25, 0.3) is 0 Å². The van der Waals surface area contributed by atoms with E-state index < -0.39 is 0 Å². The third-order valence-electron chi connectivity index (χ3n) is 4.16. The Morgan fingerprint density at radius 2 is 2.19 bits per heavy atom. The van der Waals surface area contributed by atoms with E-state index in [-0.39, 0.29) is 11.9 Å². The molecule has 3 rings (SSSR count). The lowest BCUT2D eigenvalue weighted by Gasteiger charge is -2.32. The number of nitrogens with two attached hydrogens (primary N) is 1. The van der Waals surface area contributed by atoms with Gasteiger partial charge in [-0.2, -0.15) is 0 Å². The van der Waals surface area contributed by atoms with Crippen molar-refractivity contribution < 1.29 is 4.39 Å². The molecule has 1 aromatic heterocycles. The first-order valence-electron chi connectivity index (χ1n) is 7.43. The minimum absolute atomic E-state index is 0.0929. The molecule has 1 heterocycles. The molecule has 1 atom stereocenters. The van der Waals surface area contributed by atoms with Crippen LogP contribution < -0.4 is 5.73 Å². The lowest BCUT2D eigenvalue weighted by molar-refractivity contribution is 0.183. The van der Waals surface area contributed by atoms with Crippen molar-refractivity contribution in [2.45, 2.75) is 38.4 Å². The zero-order chi connectivity index (χ0) is 14.8. The number of rotatable bonds is 6. The van der Waals surface area contributed by atoms with Gasteiger partial charge < -0.3 is 5.73 Å². The molecule has 0 radical (unpaired) electrons. The van der Waals surface area contributed by atoms with Crippen LogP contribution in [0.15, 0.2) is 35.7 Å². The van der Waals surface area contributed by atoms with Gasteiger partial charge in [0.15, 0.2) is 0 Å². The molecule has 1 fully saturated rings. The van der Waals surface area contributed by atoms with Crippen LogP contribution in [0.2, 0.25) is 0 Å². The molecule has 21 heavy (non-hydrogen) atoms. The van der Waals surface area contributed by atoms with Crippen LogP contribution in [0.3, 0.4) is 0 Å². The van der Waals surface area contributed by atoms with E-state index in [1.165, 1.54) is 23.8 Å². The number of hydrogen-bond acceptors (Lipinski definition) is 3. The molecule has 0 spiro atoms. The molecule has 1 aromatic carbocycles. The molecule has 2 nitrogen and oxygen atoms in total. The number of benzene rings is 1. The van der Waals surface area contributed by atoms with E-state index in [2.05, 4.69) is 22.4 Å². The van der Waals surface area contributed by atoms with Crippen LogP contribution in [0.5, 0.6) is 0 Å². The number of halogens is 1. The summed E-state index contributed by atoms with van der Waals surface area (Å²) in [5.41, 5.74) is 8.20. The van der Waals surface area contributed by atoms with Crippen molar-refractivity contribution in [1.29, 1.82) is 0 Å². The Bertz CT molecular complexity index is 593. The minimum atomic E-state index is -0.180. The molecule has 1 saturated carbocycles. The third kappa shape index (κ3) is 3.34. The second-order valence-electron chi connectivity index (χ2n) is 5.74. The Kier molecular flexibility index (Phi) is 4.38. The highest BCUT2D eigenvalue weighted by Gasteiger charge is 2.34. The van der Waals surface area contributed by atoms with Gasteiger partial charge in [-0.05, 0) is 54.5 Å². The van der Waals surface area contributed by atoms with Gasteiger partial charge in [-0.3, -0.25) is 4.90 Å². The summed E-state index contributed by atoms with van der Waals surface area (Å²) in [7, 11) is 0. The topological polar surface area (TPSA) is 29.3 Å². The first-order chi connectivity index (χ1) is 10.2. The Labute approximate surface area is 129 Å². The van der Waals surface area contributed by atoms with Crippen molar-refractivity contribution in [3.8, 4) is 0 Å². The van der Waals surface area contributed by atoms with Crippen molar-refractivity contribution in [2.75, 3.05) is 6.54 Å². The summed E-state index contributed by atoms with van der Waals surface area (Å²) in [4.78, 5) is 3.79. The number of thiophene rings is 1. The Balaban J connectivity index is 1.89. The van der Waals surface area contributed by atoms with Gasteiger partial charge in [-0.15, -0.1) is 11.3 Å². The molecule has 1 aliphatic rings. The second-order valence-corrected chi connectivity index (χ2v) is 6.77. The second kappa shape index (κ2) is 6.26. The van der Waals surface area contributed by atoms with Crippen molar-refractivity contribution in [2.24, 2.45) is 5.73 Å². The van der Waals surface area contributed by atoms with Gasteiger partial charge in [0.1, 0.15) is 5.82 Å². The summed E-state index contributed by atoms with van der Waals surface area (Å²) in [5.74, 6) is -0.180. The SMILES string of the molecule is Cc1ccc(F)cc1C(CN)N(Cc1cccs1)C1CC1. The summed E-state index contributed by atoms with van der Waals surface area (Å²) in [6.45, 7) is 3.46. The zero-order valence-electron chi connectivity index (χ0n) is 12.3. The largest absolute Gasteiger partial charge is 0.329 e. The molecule has 0 amide bonds. The third-order valence-corrected chi connectivity index (χ3v) is 5.02. The first kappa shape index (κ1) is 14.7. The minimum Gasteiger partial charge on any atom is -0.329 e. The number of nitrogens with zero attached hydrogens (tertiary/aromatic N) is 1. The summed E-state index contributed by atoms with van der Waals surface area (Å²) >= 11 is 1.77. The fourth-order valence-electron chi connectivity index (χ4n) is 2.89. The Hall–Kier alpha value is -1.23. The molecule has 2 N–H and O–H groups in total. The summed E-state index contributed by atoms with van der Waals surface area (Å²) in [6.07, 6.45) is 2.44. The maximum atomic E-state index is 13.6. The standard InChI is InChI=1S/C17H21FN2S/c1-12-4-5-13(18)9-16(12)17(10-19)20(14-6-7-14)11-15-3-2-8-21-15/h2-5,8-9,14,17H,6-7,10-11,19H2,1H3. The van der Waals surface area contributed by atoms with E-state index in [0.29, 0.717) is 12.6 Å². The van der Waals surface area contributed by atoms with Gasteiger partial charge in [0.05, 0.1) is 0 Å². The zero-order valence-corrected chi connectivity index (χ0v) is 13.1. The molecular formula is C17H21FN2S. The molecular weight excluding hydrogens is 283 g/mol. The van der Waals surface area contributed by atoms with E-state index in [4.69, 9.17) is 5.73 Å². The lowest BCUT2D eigenvalue weighted by atomic mass is 9.99. The predicted molar refractivity (Wildman–Crippen MR) is 85.8 cm³/mol. The highest BCUT2D eigenvalue weighted by Crippen LogP contribution is 2.37. The fourth-order valence-corrected chi connectivity index (χ4v) is 3.61. The molecule has 112 valence electrons. The number of aryl methyl sites for hydroxylation is 1. The highest BCUT2D eigenvalue weighted by atomic mass is 32.1. The lowest BCUT2D eigenvalue weighted by Crippen LogP contribution is -2.35. The molecule has 0 saturated heterocycles. The van der Waals surface area contributed by atoms with Gasteiger partial charge >= 0.3 is 0 Å². The van der Waals surface area contributed by atoms with Crippen LogP contribution in [0.1, 0.15) is 34.9 Å². The number of hydrogen-bond donors (Lipinski definition) is 1. The monoisotopic (exact) mass is 304 g/mol. The molecule has 2 aromatic rings. The fraction of sp³-hybridized carbons (Fsp3) is 0.412.